The molecule has 0 saturated carbocycles. The molecule has 16 heavy (non-hydrogen) atoms. The van der Waals surface area contributed by atoms with Gasteiger partial charge in [0.15, 0.2) is 0 Å². The van der Waals surface area contributed by atoms with Gasteiger partial charge in [0.05, 0.1) is 12.7 Å². The zero-order valence-corrected chi connectivity index (χ0v) is 8.24. The van der Waals surface area contributed by atoms with Crippen LogP contribution in [0.5, 0.6) is 0 Å². The van der Waals surface area contributed by atoms with Crippen LogP contribution in [0.2, 0.25) is 0 Å². The van der Waals surface area contributed by atoms with Crippen LogP contribution >= 0.6 is 0 Å². The fraction of sp³-hybridized carbons (Fsp3) is 0.556. The van der Waals surface area contributed by atoms with Crippen LogP contribution in [0, 0.1) is 0 Å². The van der Waals surface area contributed by atoms with E-state index in [9.17, 15) is 14.7 Å². The van der Waals surface area contributed by atoms with Gasteiger partial charge in [0, 0.05) is 20.0 Å². The van der Waals surface area contributed by atoms with Gasteiger partial charge in [-0.3, -0.25) is 14.3 Å². The van der Waals surface area contributed by atoms with E-state index in [1.165, 1.54) is 6.20 Å². The summed E-state index contributed by atoms with van der Waals surface area (Å²) in [5.74, 6) is 0. The summed E-state index contributed by atoms with van der Waals surface area (Å²) in [6.07, 6.45) is -3.01. The van der Waals surface area contributed by atoms with E-state index >= 15 is 0 Å². The topological polar surface area (TPSA) is 105 Å². The summed E-state index contributed by atoms with van der Waals surface area (Å²) < 4.78 is 13.9. The summed E-state index contributed by atoms with van der Waals surface area (Å²) in [6.45, 7) is -0.439. The highest BCUT2D eigenvalue weighted by molar-refractivity contribution is 4.88. The number of aromatic nitrogens is 2. The molecule has 2 rings (SSSR count). The van der Waals surface area contributed by atoms with Crippen molar-refractivity contribution in [1.82, 2.24) is 9.55 Å². The summed E-state index contributed by atoms with van der Waals surface area (Å²) in [5, 5.41) is 18.5. The molecule has 1 aliphatic rings. The second-order valence-electron chi connectivity index (χ2n) is 3.45. The molecule has 88 valence electrons. The number of hydrogen-bond donors (Lipinski definition) is 3. The highest BCUT2D eigenvalue weighted by Gasteiger charge is 2.34. The number of H-pyrrole nitrogens is 1. The number of hydrogen-bond acceptors (Lipinski definition) is 5. The zero-order valence-electron chi connectivity index (χ0n) is 9.24. The van der Waals surface area contributed by atoms with Crippen molar-refractivity contribution in [3.8, 4) is 0 Å². The van der Waals surface area contributed by atoms with E-state index in [4.69, 9.17) is 11.2 Å². The molecular formula is C9H12N2O5. The second kappa shape index (κ2) is 4.20. The Morgan fingerprint density at radius 1 is 1.69 bits per heavy atom. The first-order valence-corrected chi connectivity index (χ1v) is 4.72. The molecular weight excluding hydrogens is 216 g/mol. The van der Waals surface area contributed by atoms with E-state index in [0.29, 0.717) is 0 Å². The van der Waals surface area contributed by atoms with Gasteiger partial charge in [0.25, 0.3) is 5.56 Å². The Kier molecular flexibility index (Phi) is 2.56. The molecule has 4 atom stereocenters. The van der Waals surface area contributed by atoms with Crippen molar-refractivity contribution in [2.45, 2.75) is 24.8 Å². The Bertz CT molecular complexity index is 513. The van der Waals surface area contributed by atoms with Gasteiger partial charge >= 0.3 is 5.69 Å². The molecule has 0 aromatic carbocycles. The molecule has 0 radical (unpaired) electrons. The maximum absolute atomic E-state index is 11.5. The monoisotopic (exact) mass is 229 g/mol. The quantitative estimate of drug-likeness (QED) is 0.553. The van der Waals surface area contributed by atoms with Gasteiger partial charge in [-0.1, -0.05) is 0 Å². The number of ether oxygens (including phenoxy) is 1. The van der Waals surface area contributed by atoms with Crippen LogP contribution in [0.3, 0.4) is 0 Å². The van der Waals surface area contributed by atoms with E-state index in [1.807, 2.05) is 4.98 Å². The van der Waals surface area contributed by atoms with E-state index in [0.717, 1.165) is 10.6 Å². The first-order valence-electron chi connectivity index (χ1n) is 5.30. The third-order valence-corrected chi connectivity index (χ3v) is 2.36. The molecule has 1 aliphatic heterocycles. The number of aromatic amines is 1. The maximum atomic E-state index is 11.5. The standard InChI is InChI=1S/C9H12N2O5/c12-4-6-5(13)3-8(16-6)11-2-1-7(14)10-9(11)15/h1-2,5-6,8,12-13H,3-4H2,(H,10,14,15)/t5-,6+,8+/m0/s1/i3D/t3?,5-,6+,8+. The maximum Gasteiger partial charge on any atom is 0.330 e. The fourth-order valence-electron chi connectivity index (χ4n) is 1.53. The number of nitrogens with one attached hydrogen (secondary N) is 1. The largest absolute Gasteiger partial charge is 0.394 e. The molecule has 1 unspecified atom stereocenters. The van der Waals surface area contributed by atoms with E-state index in [-0.39, 0.29) is 0 Å². The minimum atomic E-state index is -1.18. The van der Waals surface area contributed by atoms with Gasteiger partial charge in [-0.25, -0.2) is 4.79 Å². The van der Waals surface area contributed by atoms with E-state index < -0.39 is 42.7 Å². The second-order valence-corrected chi connectivity index (χ2v) is 3.45. The van der Waals surface area contributed by atoms with Gasteiger partial charge < -0.3 is 14.9 Å². The first kappa shape index (κ1) is 9.76. The predicted molar refractivity (Wildman–Crippen MR) is 52.9 cm³/mol. The lowest BCUT2D eigenvalue weighted by Crippen LogP contribution is -2.31. The number of aliphatic hydroxyl groups is 2. The van der Waals surface area contributed by atoms with Gasteiger partial charge in [0.2, 0.25) is 0 Å². The van der Waals surface area contributed by atoms with Crippen LogP contribution in [0.1, 0.15) is 14.0 Å². The number of nitrogens with zero attached hydrogens (tertiary/aromatic N) is 1. The van der Waals surface area contributed by atoms with Crippen LogP contribution in [0.15, 0.2) is 21.9 Å². The van der Waals surface area contributed by atoms with Crippen molar-refractivity contribution >= 4 is 0 Å². The molecule has 0 spiro atoms. The number of aliphatic hydroxyl groups excluding tert-OH is 2. The highest BCUT2D eigenvalue weighted by atomic mass is 16.5. The summed E-state index contributed by atoms with van der Waals surface area (Å²) in [4.78, 5) is 24.4. The molecule has 3 N–H and O–H groups in total. The minimum absolute atomic E-state index is 0.439. The van der Waals surface area contributed by atoms with Crippen molar-refractivity contribution in [2.75, 3.05) is 6.61 Å². The zero-order chi connectivity index (χ0) is 12.6. The van der Waals surface area contributed by atoms with Crippen molar-refractivity contribution in [2.24, 2.45) is 0 Å². The van der Waals surface area contributed by atoms with Crippen LogP contribution in [-0.4, -0.2) is 38.6 Å². The predicted octanol–water partition coefficient (Wildman–Crippen LogP) is -1.82. The SMILES string of the molecule is [2H]C1[C@H](n2ccc(=O)[nH]c2=O)O[C@H](CO)[C@H]1O. The van der Waals surface area contributed by atoms with Gasteiger partial charge in [-0.2, -0.15) is 0 Å². The minimum Gasteiger partial charge on any atom is -0.394 e. The number of rotatable bonds is 2. The Hall–Kier alpha value is -1.44. The summed E-state index contributed by atoms with van der Waals surface area (Å²) >= 11 is 0. The van der Waals surface area contributed by atoms with Crippen molar-refractivity contribution in [1.29, 1.82) is 0 Å². The van der Waals surface area contributed by atoms with Crippen molar-refractivity contribution in [3.05, 3.63) is 33.1 Å². The van der Waals surface area contributed by atoms with Crippen LogP contribution in [0.25, 0.3) is 0 Å². The van der Waals surface area contributed by atoms with Crippen LogP contribution < -0.4 is 11.2 Å². The first-order chi connectivity index (χ1) is 8.04. The lowest BCUT2D eigenvalue weighted by molar-refractivity contribution is -0.0459. The molecule has 0 bridgehead atoms. The Morgan fingerprint density at radius 2 is 2.44 bits per heavy atom. The van der Waals surface area contributed by atoms with Crippen LogP contribution in [-0.2, 0) is 4.74 Å². The van der Waals surface area contributed by atoms with Crippen LogP contribution in [0.4, 0.5) is 0 Å². The molecule has 7 nitrogen and oxygen atoms in total. The fourth-order valence-corrected chi connectivity index (χ4v) is 1.53. The average Bonchev–Trinajstić information content (AvgIpc) is 2.57. The average molecular weight is 229 g/mol. The van der Waals surface area contributed by atoms with Crippen molar-refractivity contribution < 1.29 is 16.3 Å². The Morgan fingerprint density at radius 3 is 3.00 bits per heavy atom. The smallest absolute Gasteiger partial charge is 0.330 e. The molecule has 1 fully saturated rings. The Balaban J connectivity index is 2.35. The van der Waals surface area contributed by atoms with E-state index in [1.54, 1.807) is 0 Å². The van der Waals surface area contributed by atoms with E-state index in [2.05, 4.69) is 0 Å². The van der Waals surface area contributed by atoms with Gasteiger partial charge in [-0.05, 0) is 0 Å². The highest BCUT2D eigenvalue weighted by Crippen LogP contribution is 2.26. The molecule has 2 heterocycles. The summed E-state index contributed by atoms with van der Waals surface area (Å²) in [6, 6.07) is 1.12. The molecule has 7 heteroatoms. The molecule has 1 aromatic heterocycles. The van der Waals surface area contributed by atoms with Gasteiger partial charge in [-0.15, -0.1) is 0 Å². The van der Waals surface area contributed by atoms with Crippen molar-refractivity contribution in [3.63, 3.8) is 0 Å². The molecule has 1 saturated heterocycles. The third kappa shape index (κ3) is 1.92. The lowest BCUT2D eigenvalue weighted by atomic mass is 10.2. The molecule has 0 aliphatic carbocycles. The van der Waals surface area contributed by atoms with Gasteiger partial charge in [0.1, 0.15) is 12.3 Å². The lowest BCUT2D eigenvalue weighted by Gasteiger charge is -2.13. The summed E-state index contributed by atoms with van der Waals surface area (Å²) in [7, 11) is 0. The normalized spacial score (nSPS) is 35.0. The third-order valence-electron chi connectivity index (χ3n) is 2.36. The molecule has 0 amide bonds. The summed E-state index contributed by atoms with van der Waals surface area (Å²) in [5.41, 5.74) is -1.27. The Labute approximate surface area is 91.3 Å². The molecule has 1 aromatic rings.